The van der Waals surface area contributed by atoms with E-state index >= 15 is 0 Å². The highest BCUT2D eigenvalue weighted by molar-refractivity contribution is 6.30. The van der Waals surface area contributed by atoms with Gasteiger partial charge < -0.3 is 14.7 Å². The first-order valence-corrected chi connectivity index (χ1v) is 7.10. The lowest BCUT2D eigenvalue weighted by Gasteiger charge is -2.48. The Morgan fingerprint density at radius 3 is 2.45 bits per heavy atom. The van der Waals surface area contributed by atoms with Gasteiger partial charge in [0.2, 0.25) is 0 Å². The zero-order chi connectivity index (χ0) is 15.0. The van der Waals surface area contributed by atoms with Gasteiger partial charge in [-0.05, 0) is 44.5 Å². The first-order chi connectivity index (χ1) is 9.26. The minimum absolute atomic E-state index is 0.120. The van der Waals surface area contributed by atoms with Gasteiger partial charge >= 0.3 is 0 Å². The summed E-state index contributed by atoms with van der Waals surface area (Å²) >= 11 is 5.82. The number of carbonyl (C=O) groups is 1. The standard InChI is InChI=1S/C15H20ClNO3/c1-4-15(19)9-17(10-15)13(18)14(2,3)20-12-7-5-11(16)6-8-12/h5-8,19H,4,9-10H2,1-3H3. The van der Waals surface area contributed by atoms with Crippen LogP contribution in [0.5, 0.6) is 5.75 Å². The van der Waals surface area contributed by atoms with E-state index in [0.717, 1.165) is 0 Å². The second-order valence-corrected chi connectivity index (χ2v) is 6.24. The fraction of sp³-hybridized carbons (Fsp3) is 0.533. The molecule has 5 heteroatoms. The van der Waals surface area contributed by atoms with E-state index in [-0.39, 0.29) is 5.91 Å². The van der Waals surface area contributed by atoms with E-state index in [1.165, 1.54) is 0 Å². The third-order valence-electron chi connectivity index (χ3n) is 3.62. The third kappa shape index (κ3) is 3.07. The molecule has 0 aromatic heterocycles. The molecule has 110 valence electrons. The number of likely N-dealkylation sites (tertiary alicyclic amines) is 1. The van der Waals surface area contributed by atoms with E-state index < -0.39 is 11.2 Å². The maximum atomic E-state index is 12.4. The molecular weight excluding hydrogens is 278 g/mol. The van der Waals surface area contributed by atoms with Gasteiger partial charge in [-0.3, -0.25) is 4.79 Å². The highest BCUT2D eigenvalue weighted by Gasteiger charge is 2.46. The quantitative estimate of drug-likeness (QED) is 0.929. The first-order valence-electron chi connectivity index (χ1n) is 6.72. The van der Waals surface area contributed by atoms with Crippen molar-refractivity contribution < 1.29 is 14.6 Å². The van der Waals surface area contributed by atoms with Gasteiger partial charge in [0.25, 0.3) is 5.91 Å². The average molecular weight is 298 g/mol. The van der Waals surface area contributed by atoms with Crippen LogP contribution < -0.4 is 4.74 Å². The maximum Gasteiger partial charge on any atom is 0.266 e. The number of nitrogens with zero attached hydrogens (tertiary/aromatic N) is 1. The lowest BCUT2D eigenvalue weighted by Crippen LogP contribution is -2.66. The van der Waals surface area contributed by atoms with Gasteiger partial charge in [0, 0.05) is 5.02 Å². The molecule has 1 fully saturated rings. The number of hydrogen-bond acceptors (Lipinski definition) is 3. The second kappa shape index (κ2) is 5.26. The number of carbonyl (C=O) groups excluding carboxylic acids is 1. The van der Waals surface area contributed by atoms with Crippen molar-refractivity contribution in [1.29, 1.82) is 0 Å². The molecular formula is C15H20ClNO3. The number of ether oxygens (including phenoxy) is 1. The Hall–Kier alpha value is -1.26. The molecule has 0 radical (unpaired) electrons. The summed E-state index contributed by atoms with van der Waals surface area (Å²) in [6.07, 6.45) is 0.648. The van der Waals surface area contributed by atoms with E-state index in [4.69, 9.17) is 16.3 Å². The molecule has 0 atom stereocenters. The van der Waals surface area contributed by atoms with Crippen LogP contribution in [0, 0.1) is 0 Å². The van der Waals surface area contributed by atoms with Gasteiger partial charge in [0.1, 0.15) is 5.75 Å². The highest BCUT2D eigenvalue weighted by atomic mass is 35.5. The van der Waals surface area contributed by atoms with E-state index in [9.17, 15) is 9.90 Å². The van der Waals surface area contributed by atoms with Crippen molar-refractivity contribution in [3.8, 4) is 5.75 Å². The summed E-state index contributed by atoms with van der Waals surface area (Å²) in [7, 11) is 0. The van der Waals surface area contributed by atoms with Crippen molar-refractivity contribution in [2.75, 3.05) is 13.1 Å². The fourth-order valence-electron chi connectivity index (χ4n) is 2.25. The molecule has 1 saturated heterocycles. The number of benzene rings is 1. The van der Waals surface area contributed by atoms with Gasteiger partial charge in [-0.25, -0.2) is 0 Å². The molecule has 1 N–H and O–H groups in total. The van der Waals surface area contributed by atoms with Crippen LogP contribution in [0.15, 0.2) is 24.3 Å². The summed E-state index contributed by atoms with van der Waals surface area (Å²) in [6, 6.07) is 6.90. The molecule has 1 amide bonds. The van der Waals surface area contributed by atoms with Crippen LogP contribution in [0.1, 0.15) is 27.2 Å². The molecule has 2 rings (SSSR count). The Balaban J connectivity index is 2.00. The summed E-state index contributed by atoms with van der Waals surface area (Å²) in [5, 5.41) is 10.6. The van der Waals surface area contributed by atoms with E-state index in [1.54, 1.807) is 43.0 Å². The van der Waals surface area contributed by atoms with Crippen molar-refractivity contribution >= 4 is 17.5 Å². The third-order valence-corrected chi connectivity index (χ3v) is 3.87. The molecule has 0 saturated carbocycles. The SMILES string of the molecule is CCC1(O)CN(C(=O)C(C)(C)Oc2ccc(Cl)cc2)C1. The fourth-order valence-corrected chi connectivity index (χ4v) is 2.38. The van der Waals surface area contributed by atoms with Crippen LogP contribution in [0.3, 0.4) is 0 Å². The number of aliphatic hydroxyl groups is 1. The number of halogens is 1. The molecule has 1 heterocycles. The Kier molecular flexibility index (Phi) is 3.98. The molecule has 0 unspecified atom stereocenters. The number of rotatable bonds is 4. The van der Waals surface area contributed by atoms with Gasteiger partial charge in [-0.2, -0.15) is 0 Å². The smallest absolute Gasteiger partial charge is 0.266 e. The number of hydrogen-bond donors (Lipinski definition) is 1. The zero-order valence-corrected chi connectivity index (χ0v) is 12.8. The van der Waals surface area contributed by atoms with Crippen molar-refractivity contribution in [3.05, 3.63) is 29.3 Å². The van der Waals surface area contributed by atoms with E-state index in [2.05, 4.69) is 0 Å². The Labute approximate surface area is 124 Å². The molecule has 20 heavy (non-hydrogen) atoms. The topological polar surface area (TPSA) is 49.8 Å². The molecule has 1 aromatic rings. The minimum atomic E-state index is -0.969. The highest BCUT2D eigenvalue weighted by Crippen LogP contribution is 2.29. The summed E-state index contributed by atoms with van der Waals surface area (Å²) in [5.41, 5.74) is -1.70. The maximum absolute atomic E-state index is 12.4. The average Bonchev–Trinajstić information content (AvgIpc) is 2.36. The minimum Gasteiger partial charge on any atom is -0.478 e. The Morgan fingerprint density at radius 2 is 1.95 bits per heavy atom. The predicted octanol–water partition coefficient (Wildman–Crippen LogP) is 2.48. The van der Waals surface area contributed by atoms with Crippen LogP contribution >= 0.6 is 11.6 Å². The normalized spacial score (nSPS) is 17.6. The number of amides is 1. The molecule has 4 nitrogen and oxygen atoms in total. The van der Waals surface area contributed by atoms with Crippen LogP contribution in [0.2, 0.25) is 5.02 Å². The summed E-state index contributed by atoms with van der Waals surface area (Å²) in [5.74, 6) is 0.476. The van der Waals surface area contributed by atoms with Crippen molar-refractivity contribution in [2.24, 2.45) is 0 Å². The van der Waals surface area contributed by atoms with Crippen LogP contribution in [0.4, 0.5) is 0 Å². The van der Waals surface area contributed by atoms with Crippen LogP contribution in [-0.2, 0) is 4.79 Å². The lowest BCUT2D eigenvalue weighted by atomic mass is 9.89. The molecule has 1 aliphatic heterocycles. The molecule has 0 aliphatic carbocycles. The van der Waals surface area contributed by atoms with Gasteiger partial charge in [-0.1, -0.05) is 18.5 Å². The van der Waals surface area contributed by atoms with Gasteiger partial charge in [0.15, 0.2) is 5.60 Å². The Morgan fingerprint density at radius 1 is 1.40 bits per heavy atom. The lowest BCUT2D eigenvalue weighted by molar-refractivity contribution is -0.169. The monoisotopic (exact) mass is 297 g/mol. The van der Waals surface area contributed by atoms with Crippen LogP contribution in [0.25, 0.3) is 0 Å². The summed E-state index contributed by atoms with van der Waals surface area (Å²) in [6.45, 7) is 6.11. The van der Waals surface area contributed by atoms with E-state index in [1.807, 2.05) is 6.92 Å². The van der Waals surface area contributed by atoms with E-state index in [0.29, 0.717) is 30.3 Å². The Bertz CT molecular complexity index is 492. The summed E-state index contributed by atoms with van der Waals surface area (Å²) < 4.78 is 5.75. The van der Waals surface area contributed by atoms with Gasteiger partial charge in [0.05, 0.1) is 18.7 Å². The first kappa shape index (κ1) is 15.1. The zero-order valence-electron chi connectivity index (χ0n) is 12.0. The number of β-amino-alcohol motifs (C(OH)–C–C–N with tert-alkyl or cyclic N) is 1. The largest absolute Gasteiger partial charge is 0.478 e. The molecule has 0 spiro atoms. The van der Waals surface area contributed by atoms with Crippen molar-refractivity contribution in [3.63, 3.8) is 0 Å². The van der Waals surface area contributed by atoms with Crippen molar-refractivity contribution in [1.82, 2.24) is 4.90 Å². The molecule has 0 bridgehead atoms. The van der Waals surface area contributed by atoms with Gasteiger partial charge in [-0.15, -0.1) is 0 Å². The predicted molar refractivity (Wildman–Crippen MR) is 78.0 cm³/mol. The van der Waals surface area contributed by atoms with Crippen LogP contribution in [-0.4, -0.2) is 40.2 Å². The second-order valence-electron chi connectivity index (χ2n) is 5.81. The molecule has 1 aliphatic rings. The molecule has 1 aromatic carbocycles. The summed E-state index contributed by atoms with van der Waals surface area (Å²) in [4.78, 5) is 14.0. The van der Waals surface area contributed by atoms with Crippen molar-refractivity contribution in [2.45, 2.75) is 38.4 Å².